The summed E-state index contributed by atoms with van der Waals surface area (Å²) in [5.74, 6) is -3.33. The highest BCUT2D eigenvalue weighted by Crippen LogP contribution is 2.35. The number of nitrogen functional groups attached to an aromatic ring is 1. The van der Waals surface area contributed by atoms with E-state index >= 15 is 0 Å². The Hall–Kier alpha value is -12.7. The van der Waals surface area contributed by atoms with E-state index in [-0.39, 0.29) is 27.7 Å². The van der Waals surface area contributed by atoms with Crippen molar-refractivity contribution in [3.05, 3.63) is 313 Å². The van der Waals surface area contributed by atoms with Crippen LogP contribution in [0.2, 0.25) is 5.02 Å². The van der Waals surface area contributed by atoms with E-state index in [9.17, 15) is 94.5 Å². The number of pyridine rings is 4. The molecule has 0 unspecified atom stereocenters. The van der Waals surface area contributed by atoms with Gasteiger partial charge >= 0.3 is 25.4 Å². The standard InChI is InChI=1S/C19H13F4NO3.C18H10ClF4NO2.C18H12F4N2O2.C18H11F4NO3/c1-26-17-10-18(25)24(11-16(17)12-2-4-13(20)5-3-12)14-6-8-15(9-7-14)27-19(21,22)23;19-16-9-17(25)24(10-15(16)11-1-3-12(20)4-2-11)13-5-7-14(8-6-13)26-18(21,22)23;19-12-3-1-11(2-4-12)15-10-24(17(25)9-16(15)23)13-5-7-14(8-6-13)26-18(20,21)22;19-12-3-1-11(2-4-12)15-10-23(17(25)9-16(15)24)13-5-7-14(8-6-13)26-18(20,21)22/h2-11H,1H3;1-10H;1-10H,23H2;1-10,24H. The molecule has 15 nitrogen and oxygen atoms in total. The molecule has 0 saturated heterocycles. The van der Waals surface area contributed by atoms with Crippen molar-refractivity contribution in [1.29, 1.82) is 0 Å². The van der Waals surface area contributed by atoms with Gasteiger partial charge in [0.2, 0.25) is 0 Å². The van der Waals surface area contributed by atoms with Crippen molar-refractivity contribution in [3.63, 3.8) is 0 Å². The summed E-state index contributed by atoms with van der Waals surface area (Å²) in [6, 6.07) is 45.7. The maximum atomic E-state index is 13.2. The summed E-state index contributed by atoms with van der Waals surface area (Å²) in [5, 5.41) is 10.2. The van der Waals surface area contributed by atoms with E-state index in [2.05, 4.69) is 18.9 Å². The number of aromatic nitrogens is 4. The third-order valence-electron chi connectivity index (χ3n) is 14.4. The van der Waals surface area contributed by atoms with E-state index in [1.807, 2.05) is 0 Å². The van der Waals surface area contributed by atoms with Crippen molar-refractivity contribution in [2.45, 2.75) is 25.4 Å². The Bertz CT molecular complexity index is 4860. The Labute approximate surface area is 585 Å². The zero-order valence-corrected chi connectivity index (χ0v) is 53.8. The highest BCUT2D eigenvalue weighted by atomic mass is 35.5. The molecule has 0 atom stereocenters. The van der Waals surface area contributed by atoms with E-state index in [0.29, 0.717) is 61.8 Å². The topological polar surface area (TPSA) is 180 Å². The van der Waals surface area contributed by atoms with Crippen LogP contribution in [0.3, 0.4) is 0 Å². The molecule has 8 aromatic carbocycles. The third kappa shape index (κ3) is 21.2. The average Bonchev–Trinajstić information content (AvgIpc) is 0.825. The molecule has 0 aliphatic carbocycles. The zero-order valence-electron chi connectivity index (χ0n) is 53.0. The SMILES string of the molecule is COc1cc(=O)n(-c2ccc(OC(F)(F)F)cc2)cc1-c1ccc(F)cc1.Nc1cc(=O)n(-c2ccc(OC(F)(F)F)cc2)cc1-c1ccc(F)cc1.O=c1cc(Cl)c(-c2ccc(F)cc2)cn1-c1ccc(OC(F)(F)F)cc1.O=c1cc(O)c(-c2ccc(F)cc2)cn1-c1ccc(OC(F)(F)F)cc1. The normalized spacial score (nSPS) is 11.4. The van der Waals surface area contributed by atoms with Gasteiger partial charge in [0, 0.05) is 99.7 Å². The molecule has 32 heteroatoms. The molecule has 12 aromatic rings. The lowest BCUT2D eigenvalue weighted by atomic mass is 10.1. The van der Waals surface area contributed by atoms with Gasteiger partial charge < -0.3 is 34.5 Å². The lowest BCUT2D eigenvalue weighted by molar-refractivity contribution is -0.275. The van der Waals surface area contributed by atoms with Crippen molar-refractivity contribution in [2.75, 3.05) is 12.8 Å². The molecule has 0 radical (unpaired) electrons. The van der Waals surface area contributed by atoms with Crippen molar-refractivity contribution >= 4 is 17.3 Å². The highest BCUT2D eigenvalue weighted by Gasteiger charge is 2.34. The summed E-state index contributed by atoms with van der Waals surface area (Å²) >= 11 is 6.11. The number of halogens is 17. The molecular formula is C73H46ClF16N5O10. The molecule has 542 valence electrons. The van der Waals surface area contributed by atoms with Gasteiger partial charge in [0.05, 0.1) is 12.1 Å². The molecule has 0 amide bonds. The first-order valence-corrected chi connectivity index (χ1v) is 30.0. The van der Waals surface area contributed by atoms with Gasteiger partial charge in [-0.3, -0.25) is 37.4 Å². The summed E-state index contributed by atoms with van der Waals surface area (Å²) in [5.41, 5.74) is 9.38. The van der Waals surface area contributed by atoms with E-state index < -0.39 is 94.0 Å². The largest absolute Gasteiger partial charge is 0.573 e. The van der Waals surface area contributed by atoms with Gasteiger partial charge in [0.25, 0.3) is 22.2 Å². The second kappa shape index (κ2) is 32.1. The van der Waals surface area contributed by atoms with Crippen LogP contribution in [0.15, 0.2) is 262 Å². The lowest BCUT2D eigenvalue weighted by Gasteiger charge is -2.14. The van der Waals surface area contributed by atoms with E-state index in [4.69, 9.17) is 22.1 Å². The van der Waals surface area contributed by atoms with Crippen LogP contribution in [0.5, 0.6) is 34.5 Å². The maximum absolute atomic E-state index is 13.2. The van der Waals surface area contributed by atoms with Gasteiger partial charge in [-0.2, -0.15) is 0 Å². The lowest BCUT2D eigenvalue weighted by Crippen LogP contribution is -2.19. The number of rotatable bonds is 13. The van der Waals surface area contributed by atoms with Crippen LogP contribution >= 0.6 is 11.6 Å². The fraction of sp³-hybridized carbons (Fsp3) is 0.0685. The van der Waals surface area contributed by atoms with Crippen molar-refractivity contribution in [3.8, 4) is 102 Å². The fourth-order valence-electron chi connectivity index (χ4n) is 9.72. The average molecular weight is 1490 g/mol. The van der Waals surface area contributed by atoms with Crippen LogP contribution in [-0.2, 0) is 0 Å². The number of alkyl halides is 12. The van der Waals surface area contributed by atoms with Gasteiger partial charge in [-0.15, -0.1) is 52.7 Å². The first-order chi connectivity index (χ1) is 49.4. The molecule has 0 fully saturated rings. The Kier molecular flexibility index (Phi) is 23.4. The summed E-state index contributed by atoms with van der Waals surface area (Å²) < 4.78 is 224. The highest BCUT2D eigenvalue weighted by molar-refractivity contribution is 6.33. The van der Waals surface area contributed by atoms with Gasteiger partial charge in [-0.1, -0.05) is 60.1 Å². The summed E-state index contributed by atoms with van der Waals surface area (Å²) in [4.78, 5) is 48.9. The van der Waals surface area contributed by atoms with Crippen LogP contribution in [0.1, 0.15) is 0 Å². The summed E-state index contributed by atoms with van der Waals surface area (Å²) in [6.45, 7) is 0. The minimum absolute atomic E-state index is 0.176. The zero-order chi connectivity index (χ0) is 76.3. The van der Waals surface area contributed by atoms with Gasteiger partial charge in [0.15, 0.2) is 0 Å². The Morgan fingerprint density at radius 1 is 0.333 bits per heavy atom. The number of hydrogen-bond acceptors (Lipinski definition) is 11. The van der Waals surface area contributed by atoms with Gasteiger partial charge in [-0.05, 0) is 168 Å². The van der Waals surface area contributed by atoms with E-state index in [1.165, 1.54) is 209 Å². The van der Waals surface area contributed by atoms with E-state index in [0.717, 1.165) is 59.2 Å². The smallest absolute Gasteiger partial charge is 0.507 e. The minimum atomic E-state index is -4.81. The van der Waals surface area contributed by atoms with Crippen LogP contribution in [0.4, 0.5) is 75.9 Å². The van der Waals surface area contributed by atoms with Crippen LogP contribution in [0.25, 0.3) is 67.3 Å². The second-order valence-electron chi connectivity index (χ2n) is 21.5. The summed E-state index contributed by atoms with van der Waals surface area (Å²) in [6.07, 6.45) is -13.5. The number of anilines is 1. The molecule has 0 aliphatic rings. The molecule has 3 N–H and O–H groups in total. The number of methoxy groups -OCH3 is 1. The summed E-state index contributed by atoms with van der Waals surface area (Å²) in [7, 11) is 1.40. The van der Waals surface area contributed by atoms with Crippen LogP contribution < -0.4 is 51.7 Å². The molecule has 0 spiro atoms. The third-order valence-corrected chi connectivity index (χ3v) is 14.7. The molecule has 4 heterocycles. The van der Waals surface area contributed by atoms with E-state index in [1.54, 1.807) is 0 Å². The molecule has 0 bridgehead atoms. The number of benzene rings is 8. The Balaban J connectivity index is 0.000000162. The monoisotopic (exact) mass is 1490 g/mol. The van der Waals surface area contributed by atoms with Crippen molar-refractivity contribution < 1.29 is 99.0 Å². The Morgan fingerprint density at radius 2 is 0.581 bits per heavy atom. The molecule has 105 heavy (non-hydrogen) atoms. The number of hydrogen-bond donors (Lipinski definition) is 2. The molecule has 0 aliphatic heterocycles. The Morgan fingerprint density at radius 3 is 0.895 bits per heavy atom. The van der Waals surface area contributed by atoms with Gasteiger partial charge in [0.1, 0.15) is 57.8 Å². The molecular weight excluding hydrogens is 1450 g/mol. The fourth-order valence-corrected chi connectivity index (χ4v) is 9.97. The van der Waals surface area contributed by atoms with Crippen LogP contribution in [-0.4, -0.2) is 55.9 Å². The predicted molar refractivity (Wildman–Crippen MR) is 354 cm³/mol. The quantitative estimate of drug-likeness (QED) is 0.105. The molecule has 4 aromatic heterocycles. The number of nitrogens with zero attached hydrogens (tertiary/aromatic N) is 4. The predicted octanol–water partition coefficient (Wildman–Crippen LogP) is 18.1. The maximum Gasteiger partial charge on any atom is 0.573 e. The number of nitrogens with two attached hydrogens (primary N) is 1. The number of ether oxygens (including phenoxy) is 5. The van der Waals surface area contributed by atoms with Gasteiger partial charge in [-0.25, -0.2) is 17.6 Å². The van der Waals surface area contributed by atoms with Crippen molar-refractivity contribution in [2.24, 2.45) is 0 Å². The van der Waals surface area contributed by atoms with Crippen molar-refractivity contribution in [1.82, 2.24) is 18.3 Å². The minimum Gasteiger partial charge on any atom is -0.507 e. The first-order valence-electron chi connectivity index (χ1n) is 29.6. The molecule has 0 saturated carbocycles. The molecule has 12 rings (SSSR count). The number of aromatic hydroxyl groups is 1. The van der Waals surface area contributed by atoms with Crippen LogP contribution in [0, 0.1) is 23.3 Å². The first kappa shape index (κ1) is 76.5. The second-order valence-corrected chi connectivity index (χ2v) is 21.9.